The Labute approximate surface area is 97.8 Å². The van der Waals surface area contributed by atoms with Gasteiger partial charge in [-0.2, -0.15) is 0 Å². The number of hydrogen-bond donors (Lipinski definition) is 1. The lowest BCUT2D eigenvalue weighted by atomic mass is 9.95. The molecule has 2 heteroatoms. The van der Waals surface area contributed by atoms with E-state index in [9.17, 15) is 0 Å². The van der Waals surface area contributed by atoms with Crippen molar-refractivity contribution in [2.45, 2.75) is 38.1 Å². The molecule has 1 saturated carbocycles. The summed E-state index contributed by atoms with van der Waals surface area (Å²) < 4.78 is 0. The summed E-state index contributed by atoms with van der Waals surface area (Å²) >= 11 is 0. The third-order valence-electron chi connectivity index (χ3n) is 3.22. The fourth-order valence-corrected chi connectivity index (χ4v) is 2.31. The summed E-state index contributed by atoms with van der Waals surface area (Å²) in [7, 11) is 1.86. The Morgan fingerprint density at radius 1 is 1.12 bits per heavy atom. The molecule has 0 atom stereocenters. The lowest BCUT2D eigenvalue weighted by Crippen LogP contribution is -2.36. The molecular formula is C14H20N2. The van der Waals surface area contributed by atoms with Crippen LogP contribution in [0.1, 0.15) is 37.7 Å². The quantitative estimate of drug-likeness (QED) is 0.596. The minimum absolute atomic E-state index is 0.618. The fourth-order valence-electron chi connectivity index (χ4n) is 2.31. The van der Waals surface area contributed by atoms with Crippen LogP contribution in [0.4, 0.5) is 0 Å². The molecule has 0 amide bonds. The predicted octanol–water partition coefficient (Wildman–Crippen LogP) is 2.99. The Bertz CT molecular complexity index is 337. The van der Waals surface area contributed by atoms with Crippen molar-refractivity contribution in [2.75, 3.05) is 7.05 Å². The summed E-state index contributed by atoms with van der Waals surface area (Å²) in [4.78, 5) is 4.36. The monoisotopic (exact) mass is 216 g/mol. The van der Waals surface area contributed by atoms with E-state index in [0.29, 0.717) is 6.04 Å². The van der Waals surface area contributed by atoms with Crippen molar-refractivity contribution in [2.24, 2.45) is 4.99 Å². The zero-order valence-corrected chi connectivity index (χ0v) is 9.95. The zero-order valence-electron chi connectivity index (χ0n) is 9.95. The van der Waals surface area contributed by atoms with Crippen LogP contribution in [-0.2, 0) is 0 Å². The predicted molar refractivity (Wildman–Crippen MR) is 68.9 cm³/mol. The molecule has 0 aromatic heterocycles. The minimum Gasteiger partial charge on any atom is -0.367 e. The molecule has 16 heavy (non-hydrogen) atoms. The first-order chi connectivity index (χ1) is 7.90. The van der Waals surface area contributed by atoms with Gasteiger partial charge in [0, 0.05) is 18.7 Å². The van der Waals surface area contributed by atoms with E-state index in [0.717, 1.165) is 5.84 Å². The number of rotatable bonds is 2. The van der Waals surface area contributed by atoms with Crippen LogP contribution in [0.15, 0.2) is 35.3 Å². The van der Waals surface area contributed by atoms with Crippen LogP contribution in [-0.4, -0.2) is 18.9 Å². The van der Waals surface area contributed by atoms with E-state index in [1.165, 1.54) is 37.7 Å². The zero-order chi connectivity index (χ0) is 11.2. The second-order valence-electron chi connectivity index (χ2n) is 4.42. The highest BCUT2D eigenvalue weighted by molar-refractivity contribution is 5.98. The summed E-state index contributed by atoms with van der Waals surface area (Å²) in [5.41, 5.74) is 1.19. The maximum absolute atomic E-state index is 4.36. The van der Waals surface area contributed by atoms with Gasteiger partial charge in [0.1, 0.15) is 5.84 Å². The van der Waals surface area contributed by atoms with Crippen molar-refractivity contribution < 1.29 is 0 Å². The summed E-state index contributed by atoms with van der Waals surface area (Å²) in [6.07, 6.45) is 6.66. The molecule has 1 aliphatic carbocycles. The van der Waals surface area contributed by atoms with Gasteiger partial charge in [0.15, 0.2) is 0 Å². The molecule has 0 bridgehead atoms. The molecule has 0 aliphatic heterocycles. The smallest absolute Gasteiger partial charge is 0.128 e. The highest BCUT2D eigenvalue weighted by atomic mass is 15.0. The summed E-state index contributed by atoms with van der Waals surface area (Å²) in [6, 6.07) is 11.0. The number of benzene rings is 1. The second kappa shape index (κ2) is 5.69. The molecule has 1 aliphatic rings. The van der Waals surface area contributed by atoms with E-state index < -0.39 is 0 Å². The number of nitrogens with one attached hydrogen (secondary N) is 1. The number of hydrogen-bond acceptors (Lipinski definition) is 1. The number of amidine groups is 1. The highest BCUT2D eigenvalue weighted by Gasteiger charge is 2.14. The van der Waals surface area contributed by atoms with Crippen LogP contribution < -0.4 is 5.32 Å². The fraction of sp³-hybridized carbons (Fsp3) is 0.500. The third-order valence-corrected chi connectivity index (χ3v) is 3.22. The topological polar surface area (TPSA) is 24.4 Å². The van der Waals surface area contributed by atoms with Crippen molar-refractivity contribution in [3.8, 4) is 0 Å². The Hall–Kier alpha value is -1.31. The van der Waals surface area contributed by atoms with Crippen LogP contribution in [0, 0.1) is 0 Å². The Morgan fingerprint density at radius 2 is 1.81 bits per heavy atom. The normalized spacial score (nSPS) is 18.4. The van der Waals surface area contributed by atoms with Gasteiger partial charge < -0.3 is 5.32 Å². The van der Waals surface area contributed by atoms with E-state index in [-0.39, 0.29) is 0 Å². The molecule has 0 radical (unpaired) electrons. The summed E-state index contributed by atoms with van der Waals surface area (Å²) in [5, 5.41) is 3.57. The van der Waals surface area contributed by atoms with Gasteiger partial charge in [-0.3, -0.25) is 4.99 Å². The lowest BCUT2D eigenvalue weighted by Gasteiger charge is -2.24. The van der Waals surface area contributed by atoms with E-state index in [2.05, 4.69) is 34.6 Å². The average Bonchev–Trinajstić information content (AvgIpc) is 2.38. The first kappa shape index (κ1) is 11.2. The van der Waals surface area contributed by atoms with Crippen molar-refractivity contribution in [1.82, 2.24) is 5.32 Å². The molecule has 1 aromatic rings. The van der Waals surface area contributed by atoms with Gasteiger partial charge in [0.05, 0.1) is 0 Å². The molecule has 0 heterocycles. The van der Waals surface area contributed by atoms with E-state index >= 15 is 0 Å². The molecule has 2 rings (SSSR count). The lowest BCUT2D eigenvalue weighted by molar-refractivity contribution is 0.413. The minimum atomic E-state index is 0.618. The first-order valence-electron chi connectivity index (χ1n) is 6.19. The van der Waals surface area contributed by atoms with E-state index in [1.807, 2.05) is 13.1 Å². The maximum atomic E-state index is 4.36. The number of nitrogens with zero attached hydrogens (tertiary/aromatic N) is 1. The molecule has 0 spiro atoms. The van der Waals surface area contributed by atoms with Gasteiger partial charge in [0.25, 0.3) is 0 Å². The Morgan fingerprint density at radius 3 is 2.44 bits per heavy atom. The summed E-state index contributed by atoms with van der Waals surface area (Å²) in [6.45, 7) is 0. The van der Waals surface area contributed by atoms with Crippen molar-refractivity contribution in [1.29, 1.82) is 0 Å². The van der Waals surface area contributed by atoms with Gasteiger partial charge in [-0.15, -0.1) is 0 Å². The molecular weight excluding hydrogens is 196 g/mol. The molecule has 1 N–H and O–H groups in total. The maximum Gasteiger partial charge on any atom is 0.128 e. The van der Waals surface area contributed by atoms with Gasteiger partial charge >= 0.3 is 0 Å². The van der Waals surface area contributed by atoms with Gasteiger partial charge in [0.2, 0.25) is 0 Å². The van der Waals surface area contributed by atoms with Crippen molar-refractivity contribution in [3.63, 3.8) is 0 Å². The molecule has 2 nitrogen and oxygen atoms in total. The number of aliphatic imine (C=N–C) groups is 1. The molecule has 0 unspecified atom stereocenters. The third kappa shape index (κ3) is 2.84. The van der Waals surface area contributed by atoms with Crippen molar-refractivity contribution >= 4 is 5.84 Å². The Kier molecular flexibility index (Phi) is 3.97. The van der Waals surface area contributed by atoms with Gasteiger partial charge in [-0.25, -0.2) is 0 Å². The molecule has 1 aromatic carbocycles. The summed E-state index contributed by atoms with van der Waals surface area (Å²) in [5.74, 6) is 1.03. The Balaban J connectivity index is 2.01. The van der Waals surface area contributed by atoms with Crippen LogP contribution in [0.3, 0.4) is 0 Å². The molecule has 0 saturated heterocycles. The standard InChI is InChI=1S/C14H20N2/c1-15-14(12-8-4-2-5-9-12)16-13-10-6-3-7-11-13/h2,4-5,8-9,13H,3,6-7,10-11H2,1H3,(H,15,16). The van der Waals surface area contributed by atoms with Crippen LogP contribution in [0.25, 0.3) is 0 Å². The van der Waals surface area contributed by atoms with Gasteiger partial charge in [-0.05, 0) is 12.8 Å². The van der Waals surface area contributed by atoms with Gasteiger partial charge in [-0.1, -0.05) is 49.6 Å². The SMILES string of the molecule is CN=C(NC1CCCCC1)c1ccccc1. The second-order valence-corrected chi connectivity index (χ2v) is 4.42. The van der Waals surface area contributed by atoms with Crippen molar-refractivity contribution in [3.05, 3.63) is 35.9 Å². The highest BCUT2D eigenvalue weighted by Crippen LogP contribution is 2.17. The largest absolute Gasteiger partial charge is 0.367 e. The van der Waals surface area contributed by atoms with E-state index in [4.69, 9.17) is 0 Å². The van der Waals surface area contributed by atoms with Crippen LogP contribution in [0.2, 0.25) is 0 Å². The first-order valence-corrected chi connectivity index (χ1v) is 6.19. The molecule has 1 fully saturated rings. The van der Waals surface area contributed by atoms with E-state index in [1.54, 1.807) is 0 Å². The average molecular weight is 216 g/mol. The van der Waals surface area contributed by atoms with Crippen LogP contribution >= 0.6 is 0 Å². The molecule has 86 valence electrons. The van der Waals surface area contributed by atoms with Crippen LogP contribution in [0.5, 0.6) is 0 Å².